The van der Waals surface area contributed by atoms with Crippen LogP contribution in [0.2, 0.25) is 0 Å². The van der Waals surface area contributed by atoms with E-state index in [9.17, 15) is 15.3 Å². The summed E-state index contributed by atoms with van der Waals surface area (Å²) < 4.78 is 0. The second kappa shape index (κ2) is 13.7. The molecule has 6 nitrogen and oxygen atoms in total. The number of rotatable bonds is 17. The molecule has 6 heteroatoms. The highest BCUT2D eigenvalue weighted by Crippen LogP contribution is 2.74. The first-order valence-corrected chi connectivity index (χ1v) is 20.1. The maximum Gasteiger partial charge on any atom is 0.0468 e. The van der Waals surface area contributed by atoms with Crippen LogP contribution >= 0.6 is 0 Å². The molecule has 9 rings (SSSR count). The van der Waals surface area contributed by atoms with Gasteiger partial charge in [0.15, 0.2) is 0 Å². The maximum atomic E-state index is 10.8. The van der Waals surface area contributed by atoms with Gasteiger partial charge in [-0.2, -0.15) is 0 Å². The fourth-order valence-corrected chi connectivity index (χ4v) is 13.1. The summed E-state index contributed by atoms with van der Waals surface area (Å²) in [5, 5.41) is 31.8. The number of piperidine rings is 3. The number of aliphatic hydroxyl groups excluding tert-OH is 3. The first-order valence-electron chi connectivity index (χ1n) is 20.1. The SMILES string of the molecule is OCC1C2CN(Cc3ccccc3)CC12CCCCC(CC12CN(Cc3ccccc3)CC1C2CO)C12CN(Cc3ccccc3)CC1C2CO. The number of hydrogen-bond donors (Lipinski definition) is 3. The van der Waals surface area contributed by atoms with Crippen molar-refractivity contribution in [3.05, 3.63) is 108 Å². The highest BCUT2D eigenvalue weighted by Gasteiger charge is 2.75. The summed E-state index contributed by atoms with van der Waals surface area (Å²) in [5.41, 5.74) is 4.83. The third-order valence-electron chi connectivity index (χ3n) is 15.5. The molecular weight excluding hydrogens is 631 g/mol. The van der Waals surface area contributed by atoms with Crippen LogP contribution < -0.4 is 0 Å². The van der Waals surface area contributed by atoms with Gasteiger partial charge in [0, 0.05) is 78.7 Å². The Morgan fingerprint density at radius 3 is 1.51 bits per heavy atom. The van der Waals surface area contributed by atoms with Crippen molar-refractivity contribution in [3.8, 4) is 0 Å². The maximum absolute atomic E-state index is 10.8. The van der Waals surface area contributed by atoms with Gasteiger partial charge in [0.25, 0.3) is 0 Å². The van der Waals surface area contributed by atoms with Gasteiger partial charge in [-0.05, 0) is 93.6 Å². The molecule has 0 aromatic heterocycles. The number of benzene rings is 3. The van der Waals surface area contributed by atoms with Crippen LogP contribution in [0.25, 0.3) is 0 Å². The largest absolute Gasteiger partial charge is 0.396 e. The Bertz CT molecular complexity index is 1630. The van der Waals surface area contributed by atoms with Crippen molar-refractivity contribution in [3.63, 3.8) is 0 Å². The molecule has 0 radical (unpaired) electrons. The lowest BCUT2D eigenvalue weighted by atomic mass is 9.74. The van der Waals surface area contributed by atoms with Crippen molar-refractivity contribution < 1.29 is 15.3 Å². The summed E-state index contributed by atoms with van der Waals surface area (Å²) in [6.07, 6.45) is 6.08. The van der Waals surface area contributed by atoms with Gasteiger partial charge < -0.3 is 15.3 Å². The van der Waals surface area contributed by atoms with Crippen LogP contribution in [0.5, 0.6) is 0 Å². The van der Waals surface area contributed by atoms with Gasteiger partial charge in [-0.1, -0.05) is 104 Å². The summed E-state index contributed by atoms with van der Waals surface area (Å²) >= 11 is 0. The number of hydrogen-bond acceptors (Lipinski definition) is 6. The molecule has 3 N–H and O–H groups in total. The molecule has 3 aromatic rings. The molecule has 6 aliphatic rings. The molecule has 3 saturated heterocycles. The first-order chi connectivity index (χ1) is 25.0. The first kappa shape index (κ1) is 34.2. The fourth-order valence-electron chi connectivity index (χ4n) is 13.1. The zero-order valence-electron chi connectivity index (χ0n) is 30.4. The van der Waals surface area contributed by atoms with Gasteiger partial charge in [-0.3, -0.25) is 14.7 Å². The highest BCUT2D eigenvalue weighted by atomic mass is 16.3. The zero-order chi connectivity index (χ0) is 34.6. The molecule has 3 heterocycles. The molecule has 3 aliphatic carbocycles. The third kappa shape index (κ3) is 6.03. The summed E-state index contributed by atoms with van der Waals surface area (Å²) in [6.45, 7) is 10.6. The molecule has 0 amide bonds. The predicted octanol–water partition coefficient (Wildman–Crippen LogP) is 5.77. The molecule has 10 atom stereocenters. The topological polar surface area (TPSA) is 70.4 Å². The van der Waals surface area contributed by atoms with Gasteiger partial charge in [-0.15, -0.1) is 0 Å². The van der Waals surface area contributed by atoms with E-state index in [1.807, 2.05) is 0 Å². The van der Waals surface area contributed by atoms with Crippen molar-refractivity contribution in [2.75, 3.05) is 59.1 Å². The van der Waals surface area contributed by atoms with Gasteiger partial charge in [0.2, 0.25) is 0 Å². The number of likely N-dealkylation sites (tertiary alicyclic amines) is 3. The molecule has 3 aromatic carbocycles. The molecule has 6 fully saturated rings. The van der Waals surface area contributed by atoms with Crippen LogP contribution in [0.3, 0.4) is 0 Å². The van der Waals surface area contributed by atoms with Crippen molar-refractivity contribution >= 4 is 0 Å². The van der Waals surface area contributed by atoms with Crippen molar-refractivity contribution in [2.24, 2.45) is 57.7 Å². The molecule has 0 bridgehead atoms. The summed E-state index contributed by atoms with van der Waals surface area (Å²) in [7, 11) is 0. The lowest BCUT2D eigenvalue weighted by Gasteiger charge is -2.34. The molecule has 3 saturated carbocycles. The van der Waals surface area contributed by atoms with Crippen molar-refractivity contribution in [1.29, 1.82) is 0 Å². The van der Waals surface area contributed by atoms with E-state index in [-0.39, 0.29) is 10.8 Å². The van der Waals surface area contributed by atoms with E-state index in [2.05, 4.69) is 106 Å². The Labute approximate surface area is 305 Å². The van der Waals surface area contributed by atoms with E-state index >= 15 is 0 Å². The molecular formula is C45H59N3O3. The minimum Gasteiger partial charge on any atom is -0.396 e. The Kier molecular flexibility index (Phi) is 9.18. The molecule has 272 valence electrons. The van der Waals surface area contributed by atoms with E-state index in [0.717, 1.165) is 58.9 Å². The van der Waals surface area contributed by atoms with E-state index in [0.29, 0.717) is 66.7 Å². The number of aliphatic hydroxyl groups is 3. The lowest BCUT2D eigenvalue weighted by Crippen LogP contribution is -2.35. The quantitative estimate of drug-likeness (QED) is 0.156. The van der Waals surface area contributed by atoms with Gasteiger partial charge in [-0.25, -0.2) is 0 Å². The van der Waals surface area contributed by atoms with Crippen LogP contribution in [0, 0.1) is 57.7 Å². The van der Waals surface area contributed by atoms with E-state index in [1.165, 1.54) is 48.8 Å². The Balaban J connectivity index is 0.903. The van der Waals surface area contributed by atoms with Crippen LogP contribution in [0.4, 0.5) is 0 Å². The van der Waals surface area contributed by atoms with Gasteiger partial charge in [0.1, 0.15) is 0 Å². The van der Waals surface area contributed by atoms with Crippen LogP contribution in [0.1, 0.15) is 48.8 Å². The minimum atomic E-state index is 0.187. The summed E-state index contributed by atoms with van der Waals surface area (Å²) in [5.74, 6) is 3.66. The van der Waals surface area contributed by atoms with E-state index in [1.54, 1.807) is 0 Å². The van der Waals surface area contributed by atoms with Crippen LogP contribution in [-0.4, -0.2) is 89.1 Å². The normalized spacial score (nSPS) is 37.2. The Morgan fingerprint density at radius 1 is 0.529 bits per heavy atom. The van der Waals surface area contributed by atoms with E-state index < -0.39 is 0 Å². The van der Waals surface area contributed by atoms with Crippen LogP contribution in [-0.2, 0) is 19.6 Å². The molecule has 0 spiro atoms. The second-order valence-electron chi connectivity index (χ2n) is 17.9. The minimum absolute atomic E-state index is 0.187. The summed E-state index contributed by atoms with van der Waals surface area (Å²) in [4.78, 5) is 7.98. The highest BCUT2D eigenvalue weighted by molar-refractivity contribution is 5.26. The average Bonchev–Trinajstić information content (AvgIpc) is 3.93. The Hall–Kier alpha value is -2.58. The van der Waals surface area contributed by atoms with Gasteiger partial charge in [0.05, 0.1) is 0 Å². The molecule has 10 unspecified atom stereocenters. The number of unbranched alkanes of at least 4 members (excludes halogenated alkanes) is 1. The number of fused-ring (bicyclic) bond motifs is 3. The standard InChI is InChI=1S/C45H59N3O3/c49-27-40-37-24-46(21-33-12-4-1-5-13-33)30-43(37,40)19-11-10-18-36(45-32-48(26-39(45)42(45)29-51)23-35-16-8-3-9-17-35)20-44-31-47(25-38(44)41(44)28-50)22-34-14-6-2-7-15-34/h1-9,12-17,36-42,49-51H,10-11,18-32H2. The van der Waals surface area contributed by atoms with Gasteiger partial charge >= 0.3 is 0 Å². The lowest BCUT2D eigenvalue weighted by molar-refractivity contribution is 0.116. The third-order valence-corrected chi connectivity index (χ3v) is 15.5. The zero-order valence-corrected chi connectivity index (χ0v) is 30.4. The smallest absolute Gasteiger partial charge is 0.0468 e. The van der Waals surface area contributed by atoms with Crippen LogP contribution in [0.15, 0.2) is 91.0 Å². The van der Waals surface area contributed by atoms with E-state index in [4.69, 9.17) is 0 Å². The molecule has 3 aliphatic heterocycles. The average molecular weight is 690 g/mol. The summed E-state index contributed by atoms with van der Waals surface area (Å²) in [6, 6.07) is 32.7. The fraction of sp³-hybridized carbons (Fsp3) is 0.600. The second-order valence-corrected chi connectivity index (χ2v) is 17.9. The number of nitrogens with zero attached hydrogens (tertiary/aromatic N) is 3. The van der Waals surface area contributed by atoms with Crippen molar-refractivity contribution in [2.45, 2.75) is 51.7 Å². The monoisotopic (exact) mass is 689 g/mol. The Morgan fingerprint density at radius 2 is 0.980 bits per heavy atom. The predicted molar refractivity (Wildman–Crippen MR) is 201 cm³/mol. The molecule has 51 heavy (non-hydrogen) atoms. The van der Waals surface area contributed by atoms with Crippen molar-refractivity contribution in [1.82, 2.24) is 14.7 Å².